The van der Waals surface area contributed by atoms with Crippen LogP contribution in [0.5, 0.6) is 0 Å². The summed E-state index contributed by atoms with van der Waals surface area (Å²) in [6.07, 6.45) is 6.66. The van der Waals surface area contributed by atoms with Gasteiger partial charge in [0.25, 0.3) is 0 Å². The fraction of sp³-hybridized carbons (Fsp3) is 0.435. The Kier molecular flexibility index (Phi) is 4.34. The smallest absolute Gasteiger partial charge is 0.198 e. The highest BCUT2D eigenvalue weighted by atomic mass is 32.1. The molecule has 148 valence electrons. The predicted octanol–water partition coefficient (Wildman–Crippen LogP) is 5.42. The van der Waals surface area contributed by atoms with Crippen molar-refractivity contribution in [3.8, 4) is 17.3 Å². The van der Waals surface area contributed by atoms with Crippen molar-refractivity contribution >= 4 is 28.0 Å². The number of oxazole rings is 1. The van der Waals surface area contributed by atoms with E-state index in [1.54, 1.807) is 11.3 Å². The first-order chi connectivity index (χ1) is 14.0. The molecule has 2 aromatic heterocycles. The Morgan fingerprint density at radius 2 is 1.97 bits per heavy atom. The number of nitriles is 1. The molecule has 1 saturated carbocycles. The third-order valence-corrected chi connectivity index (χ3v) is 6.88. The Hall–Kier alpha value is -2.49. The zero-order chi connectivity index (χ0) is 20.3. The Bertz CT molecular complexity index is 1190. The summed E-state index contributed by atoms with van der Waals surface area (Å²) in [6.45, 7) is 4.04. The molecule has 6 heteroatoms. The van der Waals surface area contributed by atoms with Crippen LogP contribution in [0.1, 0.15) is 59.2 Å². The molecule has 0 radical (unpaired) electrons. The van der Waals surface area contributed by atoms with Gasteiger partial charge in [-0.3, -0.25) is 0 Å². The molecule has 2 aliphatic rings. The summed E-state index contributed by atoms with van der Waals surface area (Å²) >= 11 is 1.64. The average molecular weight is 405 g/mol. The van der Waals surface area contributed by atoms with Crippen molar-refractivity contribution in [2.45, 2.75) is 51.5 Å². The summed E-state index contributed by atoms with van der Waals surface area (Å²) in [7, 11) is 4.24. The van der Waals surface area contributed by atoms with E-state index < -0.39 is 0 Å². The molecule has 3 aromatic rings. The lowest BCUT2D eigenvalue weighted by molar-refractivity contribution is 0.340. The molecule has 1 fully saturated rings. The maximum atomic E-state index is 9.96. The summed E-state index contributed by atoms with van der Waals surface area (Å²) in [5.74, 6) is 1.19. The van der Waals surface area contributed by atoms with Crippen LogP contribution in [0.4, 0.5) is 0 Å². The SMILES string of the molecule is Cc1nc(-c2c(C)c(C#N)c3nc(C4CC4)oc3c2C2=CC(N(C)C)CC2)cs1. The molecule has 0 amide bonds. The molecule has 0 N–H and O–H groups in total. The molecular weight excluding hydrogens is 380 g/mol. The number of hydrogen-bond donors (Lipinski definition) is 0. The second-order valence-electron chi connectivity index (χ2n) is 8.38. The van der Waals surface area contributed by atoms with E-state index in [0.717, 1.165) is 64.5 Å². The van der Waals surface area contributed by atoms with Crippen molar-refractivity contribution < 1.29 is 4.42 Å². The predicted molar refractivity (Wildman–Crippen MR) is 116 cm³/mol. The quantitative estimate of drug-likeness (QED) is 0.580. The van der Waals surface area contributed by atoms with Crippen LogP contribution in [0.3, 0.4) is 0 Å². The third-order valence-electron chi connectivity index (χ3n) is 6.11. The lowest BCUT2D eigenvalue weighted by Crippen LogP contribution is -2.23. The van der Waals surface area contributed by atoms with E-state index in [9.17, 15) is 5.26 Å². The largest absolute Gasteiger partial charge is 0.440 e. The number of allylic oxidation sites excluding steroid dienone is 1. The molecule has 1 aromatic carbocycles. The van der Waals surface area contributed by atoms with Crippen LogP contribution >= 0.6 is 11.3 Å². The number of likely N-dealkylation sites (N-methyl/N-ethyl adjacent to an activating group) is 1. The van der Waals surface area contributed by atoms with E-state index in [2.05, 4.69) is 36.5 Å². The summed E-state index contributed by atoms with van der Waals surface area (Å²) in [6, 6.07) is 2.81. The topological polar surface area (TPSA) is 66.0 Å². The summed E-state index contributed by atoms with van der Waals surface area (Å²) < 4.78 is 6.36. The van der Waals surface area contributed by atoms with Crippen LogP contribution in [0, 0.1) is 25.2 Å². The van der Waals surface area contributed by atoms with Gasteiger partial charge in [-0.25, -0.2) is 9.97 Å². The number of nitrogens with zero attached hydrogens (tertiary/aromatic N) is 4. The maximum Gasteiger partial charge on any atom is 0.198 e. The standard InChI is InChI=1S/C23H24N4OS/c1-12-17(10-24)21-22(28-23(26-21)14-5-6-14)20(15-7-8-16(9-15)27(3)4)19(12)18-11-29-13(2)25-18/h9,11,14,16H,5-8H2,1-4H3. The highest BCUT2D eigenvalue weighted by Crippen LogP contribution is 2.47. The van der Waals surface area contributed by atoms with E-state index in [-0.39, 0.29) is 0 Å². The minimum Gasteiger partial charge on any atom is -0.440 e. The zero-order valence-corrected chi connectivity index (χ0v) is 18.1. The van der Waals surface area contributed by atoms with Gasteiger partial charge in [0, 0.05) is 28.5 Å². The fourth-order valence-corrected chi connectivity index (χ4v) is 4.95. The molecule has 5 nitrogen and oxygen atoms in total. The van der Waals surface area contributed by atoms with Crippen LogP contribution in [0.15, 0.2) is 15.9 Å². The van der Waals surface area contributed by atoms with Crippen molar-refractivity contribution in [2.24, 2.45) is 0 Å². The van der Waals surface area contributed by atoms with Gasteiger partial charge in [0.1, 0.15) is 11.6 Å². The average Bonchev–Trinajstić information content (AvgIpc) is 3.07. The van der Waals surface area contributed by atoms with Crippen LogP contribution in [0.2, 0.25) is 0 Å². The van der Waals surface area contributed by atoms with E-state index in [0.29, 0.717) is 23.0 Å². The van der Waals surface area contributed by atoms with Crippen molar-refractivity contribution in [1.82, 2.24) is 14.9 Å². The Morgan fingerprint density at radius 3 is 2.55 bits per heavy atom. The Morgan fingerprint density at radius 1 is 1.17 bits per heavy atom. The molecule has 0 spiro atoms. The molecule has 5 rings (SSSR count). The highest BCUT2D eigenvalue weighted by Gasteiger charge is 2.33. The second-order valence-corrected chi connectivity index (χ2v) is 9.44. The molecule has 0 aliphatic heterocycles. The number of fused-ring (bicyclic) bond motifs is 1. The number of benzene rings is 1. The van der Waals surface area contributed by atoms with Crippen LogP contribution in [-0.2, 0) is 0 Å². The molecule has 1 unspecified atom stereocenters. The van der Waals surface area contributed by atoms with E-state index in [1.807, 2.05) is 13.8 Å². The second kappa shape index (κ2) is 6.79. The summed E-state index contributed by atoms with van der Waals surface area (Å²) in [5.41, 5.74) is 7.37. The molecule has 2 aliphatic carbocycles. The number of hydrogen-bond acceptors (Lipinski definition) is 6. The molecule has 1 atom stereocenters. The van der Waals surface area contributed by atoms with Gasteiger partial charge in [0.05, 0.1) is 16.3 Å². The number of thiazole rings is 1. The van der Waals surface area contributed by atoms with Crippen molar-refractivity contribution in [2.75, 3.05) is 14.1 Å². The minimum atomic E-state index is 0.402. The van der Waals surface area contributed by atoms with Gasteiger partial charge >= 0.3 is 0 Å². The molecular formula is C23H24N4OS. The van der Waals surface area contributed by atoms with Crippen LogP contribution < -0.4 is 0 Å². The van der Waals surface area contributed by atoms with Gasteiger partial charge in [-0.15, -0.1) is 11.3 Å². The maximum absolute atomic E-state index is 9.96. The first-order valence-corrected chi connectivity index (χ1v) is 11.0. The van der Waals surface area contributed by atoms with E-state index in [1.165, 1.54) is 5.57 Å². The summed E-state index contributed by atoms with van der Waals surface area (Å²) in [5, 5.41) is 13.1. The first kappa shape index (κ1) is 18.5. The fourth-order valence-electron chi connectivity index (χ4n) is 4.34. The summed E-state index contributed by atoms with van der Waals surface area (Å²) in [4.78, 5) is 11.8. The van der Waals surface area contributed by atoms with Crippen molar-refractivity contribution in [3.63, 3.8) is 0 Å². The zero-order valence-electron chi connectivity index (χ0n) is 17.2. The van der Waals surface area contributed by atoms with Crippen LogP contribution in [-0.4, -0.2) is 35.0 Å². The number of aryl methyl sites for hydroxylation is 1. The number of aromatic nitrogens is 2. The first-order valence-electron chi connectivity index (χ1n) is 10.1. The van der Waals surface area contributed by atoms with Crippen LogP contribution in [0.25, 0.3) is 27.9 Å². The van der Waals surface area contributed by atoms with Gasteiger partial charge in [-0.05, 0) is 64.8 Å². The molecule has 2 heterocycles. The van der Waals surface area contributed by atoms with Gasteiger partial charge in [0.15, 0.2) is 11.5 Å². The molecule has 0 saturated heterocycles. The minimum absolute atomic E-state index is 0.402. The molecule has 0 bridgehead atoms. The normalized spacial score (nSPS) is 19.2. The Labute approximate surface area is 174 Å². The van der Waals surface area contributed by atoms with Gasteiger partial charge in [-0.1, -0.05) is 6.08 Å². The lowest BCUT2D eigenvalue weighted by atomic mass is 9.89. The monoisotopic (exact) mass is 404 g/mol. The Balaban J connectivity index is 1.85. The molecule has 29 heavy (non-hydrogen) atoms. The van der Waals surface area contributed by atoms with Crippen molar-refractivity contribution in [3.05, 3.63) is 39.0 Å². The van der Waals surface area contributed by atoms with Crippen molar-refractivity contribution in [1.29, 1.82) is 5.26 Å². The third kappa shape index (κ3) is 3.00. The van der Waals surface area contributed by atoms with E-state index in [4.69, 9.17) is 14.4 Å². The highest BCUT2D eigenvalue weighted by molar-refractivity contribution is 7.09. The van der Waals surface area contributed by atoms with Gasteiger partial charge in [0.2, 0.25) is 0 Å². The van der Waals surface area contributed by atoms with Gasteiger partial charge < -0.3 is 9.32 Å². The number of rotatable bonds is 4. The van der Waals surface area contributed by atoms with Gasteiger partial charge in [-0.2, -0.15) is 5.26 Å². The van der Waals surface area contributed by atoms with E-state index >= 15 is 0 Å². The lowest BCUT2D eigenvalue weighted by Gasteiger charge is -2.16.